The second-order valence-corrected chi connectivity index (χ2v) is 1.76. The molecule has 0 bridgehead atoms. The van der Waals surface area contributed by atoms with Crippen LogP contribution in [0.4, 0.5) is 0 Å². The van der Waals surface area contributed by atoms with Crippen LogP contribution in [0.25, 0.3) is 0 Å². The number of rotatable bonds is 1. The molecule has 0 radical (unpaired) electrons. The standard InChI is InChI=1S/C7H8N2O/c1-5-3-2-4-9-6(5)7(8)10/h2-4H,1H3,(H2,8,10)/i1D3. The number of hydrogen-bond acceptors (Lipinski definition) is 2. The Morgan fingerprint density at radius 2 is 2.70 bits per heavy atom. The number of carbonyl (C=O) groups is 1. The fourth-order valence-corrected chi connectivity index (χ4v) is 0.602. The Morgan fingerprint density at radius 3 is 3.20 bits per heavy atom. The van der Waals surface area contributed by atoms with Gasteiger partial charge in [0.2, 0.25) is 0 Å². The van der Waals surface area contributed by atoms with Gasteiger partial charge in [0, 0.05) is 10.3 Å². The summed E-state index contributed by atoms with van der Waals surface area (Å²) in [5.74, 6) is -0.827. The summed E-state index contributed by atoms with van der Waals surface area (Å²) in [7, 11) is 0. The second kappa shape index (κ2) is 2.47. The number of pyridine rings is 1. The average Bonchev–Trinajstić information content (AvgIpc) is 2.03. The highest BCUT2D eigenvalue weighted by atomic mass is 16.1. The van der Waals surface area contributed by atoms with Gasteiger partial charge >= 0.3 is 0 Å². The molecule has 1 amide bonds. The van der Waals surface area contributed by atoms with E-state index in [0.717, 1.165) is 0 Å². The van der Waals surface area contributed by atoms with Crippen molar-refractivity contribution in [2.75, 3.05) is 0 Å². The molecule has 10 heavy (non-hydrogen) atoms. The zero-order chi connectivity index (χ0) is 10.1. The van der Waals surface area contributed by atoms with Gasteiger partial charge in [-0.1, -0.05) is 6.07 Å². The van der Waals surface area contributed by atoms with E-state index in [1.807, 2.05) is 0 Å². The van der Waals surface area contributed by atoms with Crippen LogP contribution < -0.4 is 5.73 Å². The highest BCUT2D eigenvalue weighted by Gasteiger charge is 2.02. The number of nitrogens with zero attached hydrogens (tertiary/aromatic N) is 1. The summed E-state index contributed by atoms with van der Waals surface area (Å²) in [6.45, 7) is -2.35. The van der Waals surface area contributed by atoms with Crippen molar-refractivity contribution in [1.82, 2.24) is 4.98 Å². The molecule has 2 N–H and O–H groups in total. The molecule has 0 aromatic carbocycles. The van der Waals surface area contributed by atoms with Crippen LogP contribution in [0.2, 0.25) is 0 Å². The SMILES string of the molecule is [2H]C([2H])([2H])c1cccnc1C(N)=O. The van der Waals surface area contributed by atoms with Gasteiger partial charge < -0.3 is 5.73 Å². The number of aromatic nitrogens is 1. The van der Waals surface area contributed by atoms with E-state index in [1.54, 1.807) is 0 Å². The van der Waals surface area contributed by atoms with E-state index in [-0.39, 0.29) is 11.3 Å². The lowest BCUT2D eigenvalue weighted by molar-refractivity contribution is 0.0995. The van der Waals surface area contributed by atoms with Gasteiger partial charge in [0.1, 0.15) is 5.69 Å². The van der Waals surface area contributed by atoms with Crippen molar-refractivity contribution < 1.29 is 8.91 Å². The van der Waals surface area contributed by atoms with Crippen molar-refractivity contribution in [3.8, 4) is 0 Å². The van der Waals surface area contributed by atoms with Gasteiger partial charge in [-0.3, -0.25) is 9.78 Å². The molecular weight excluding hydrogens is 128 g/mol. The maximum Gasteiger partial charge on any atom is 0.267 e. The van der Waals surface area contributed by atoms with Crippen LogP contribution in [0.15, 0.2) is 18.3 Å². The Hall–Kier alpha value is -1.38. The van der Waals surface area contributed by atoms with Gasteiger partial charge in [-0.25, -0.2) is 0 Å². The lowest BCUT2D eigenvalue weighted by Gasteiger charge is -1.96. The minimum atomic E-state index is -2.35. The predicted molar refractivity (Wildman–Crippen MR) is 37.5 cm³/mol. The number of carbonyl (C=O) groups excluding carboxylic acids is 1. The molecule has 0 aliphatic carbocycles. The van der Waals surface area contributed by atoms with Gasteiger partial charge in [-0.05, 0) is 18.5 Å². The summed E-state index contributed by atoms with van der Waals surface area (Å²) in [5.41, 5.74) is 4.66. The number of amides is 1. The van der Waals surface area contributed by atoms with E-state index >= 15 is 0 Å². The normalized spacial score (nSPS) is 15.0. The highest BCUT2D eigenvalue weighted by Crippen LogP contribution is 2.00. The molecule has 0 aliphatic rings. The number of aryl methyl sites for hydroxylation is 1. The summed E-state index contributed by atoms with van der Waals surface area (Å²) >= 11 is 0. The molecule has 1 heterocycles. The van der Waals surface area contributed by atoms with Crippen LogP contribution in [-0.2, 0) is 0 Å². The van der Waals surface area contributed by atoms with E-state index in [4.69, 9.17) is 9.85 Å². The van der Waals surface area contributed by atoms with Crippen molar-refractivity contribution in [2.24, 2.45) is 5.73 Å². The molecular formula is C7H8N2O. The molecule has 1 aromatic heterocycles. The van der Waals surface area contributed by atoms with Crippen LogP contribution in [0.5, 0.6) is 0 Å². The van der Waals surface area contributed by atoms with Crippen LogP contribution >= 0.6 is 0 Å². The van der Waals surface area contributed by atoms with Crippen molar-refractivity contribution in [2.45, 2.75) is 6.85 Å². The first-order valence-electron chi connectivity index (χ1n) is 4.18. The molecule has 0 atom stereocenters. The molecule has 1 aromatic rings. The average molecular weight is 139 g/mol. The molecule has 52 valence electrons. The first kappa shape index (κ1) is 3.71. The third kappa shape index (κ3) is 1.13. The lowest BCUT2D eigenvalue weighted by Crippen LogP contribution is -2.14. The second-order valence-electron chi connectivity index (χ2n) is 1.76. The Morgan fingerprint density at radius 1 is 1.90 bits per heavy atom. The Bertz CT molecular complexity index is 335. The quantitative estimate of drug-likeness (QED) is 0.615. The molecule has 0 saturated carbocycles. The van der Waals surface area contributed by atoms with Gasteiger partial charge in [-0.15, -0.1) is 0 Å². The number of hydrogen-bond donors (Lipinski definition) is 1. The molecule has 3 heteroatoms. The molecule has 0 saturated heterocycles. The smallest absolute Gasteiger partial charge is 0.267 e. The number of nitrogens with two attached hydrogens (primary N) is 1. The summed E-state index contributed by atoms with van der Waals surface area (Å²) in [6.07, 6.45) is 1.33. The van der Waals surface area contributed by atoms with Gasteiger partial charge in [0.25, 0.3) is 5.91 Å². The van der Waals surface area contributed by atoms with Gasteiger partial charge in [0.05, 0.1) is 0 Å². The van der Waals surface area contributed by atoms with Crippen molar-refractivity contribution in [3.63, 3.8) is 0 Å². The zero-order valence-corrected chi connectivity index (χ0v) is 5.16. The summed E-state index contributed by atoms with van der Waals surface area (Å²) in [6, 6.07) is 2.77. The Labute approximate surface area is 63.1 Å². The Balaban J connectivity index is 3.28. The maximum absolute atomic E-state index is 10.8. The minimum Gasteiger partial charge on any atom is -0.364 e. The molecule has 0 aliphatic heterocycles. The Kier molecular flexibility index (Phi) is 0.917. The monoisotopic (exact) mass is 139 g/mol. The molecule has 1 rings (SSSR count). The largest absolute Gasteiger partial charge is 0.364 e. The maximum atomic E-state index is 10.8. The zero-order valence-electron chi connectivity index (χ0n) is 8.16. The molecule has 3 nitrogen and oxygen atoms in total. The van der Waals surface area contributed by atoms with Crippen LogP contribution in [0.3, 0.4) is 0 Å². The van der Waals surface area contributed by atoms with Crippen molar-refractivity contribution in [3.05, 3.63) is 29.6 Å². The van der Waals surface area contributed by atoms with Crippen LogP contribution in [0.1, 0.15) is 20.2 Å². The number of primary amides is 1. The fourth-order valence-electron chi connectivity index (χ4n) is 0.602. The topological polar surface area (TPSA) is 56.0 Å². The van der Waals surface area contributed by atoms with E-state index in [0.29, 0.717) is 0 Å². The third-order valence-electron chi connectivity index (χ3n) is 1.04. The van der Waals surface area contributed by atoms with Crippen LogP contribution in [-0.4, -0.2) is 10.9 Å². The summed E-state index contributed by atoms with van der Waals surface area (Å²) in [4.78, 5) is 14.4. The third-order valence-corrected chi connectivity index (χ3v) is 1.04. The fraction of sp³-hybridized carbons (Fsp3) is 0.143. The van der Waals surface area contributed by atoms with Crippen molar-refractivity contribution in [1.29, 1.82) is 0 Å². The molecule has 0 unspecified atom stereocenters. The first-order chi connectivity index (χ1) is 5.93. The van der Waals surface area contributed by atoms with Gasteiger partial charge in [0.15, 0.2) is 0 Å². The molecule has 0 spiro atoms. The minimum absolute atomic E-state index is 0.109. The van der Waals surface area contributed by atoms with E-state index in [2.05, 4.69) is 4.98 Å². The highest BCUT2D eigenvalue weighted by molar-refractivity contribution is 5.92. The summed E-state index contributed by atoms with van der Waals surface area (Å²) in [5, 5.41) is 0. The lowest BCUT2D eigenvalue weighted by atomic mass is 10.2. The van der Waals surface area contributed by atoms with Crippen LogP contribution in [0, 0.1) is 6.85 Å². The molecule has 0 fully saturated rings. The van der Waals surface area contributed by atoms with E-state index in [1.165, 1.54) is 18.3 Å². The van der Waals surface area contributed by atoms with Crippen molar-refractivity contribution >= 4 is 5.91 Å². The van der Waals surface area contributed by atoms with E-state index in [9.17, 15) is 4.79 Å². The predicted octanol–water partition coefficient (Wildman–Crippen LogP) is 0.489. The summed E-state index contributed by atoms with van der Waals surface area (Å²) < 4.78 is 21.3. The first-order valence-corrected chi connectivity index (χ1v) is 2.68. The van der Waals surface area contributed by atoms with Gasteiger partial charge in [-0.2, -0.15) is 0 Å². The van der Waals surface area contributed by atoms with E-state index < -0.39 is 12.8 Å².